The van der Waals surface area contributed by atoms with Gasteiger partial charge in [0.2, 0.25) is 0 Å². The first kappa shape index (κ1) is 34.4. The lowest BCUT2D eigenvalue weighted by molar-refractivity contribution is 0.669. The van der Waals surface area contributed by atoms with E-state index in [1.807, 2.05) is 0 Å². The van der Waals surface area contributed by atoms with Gasteiger partial charge >= 0.3 is 0 Å². The molecule has 0 atom stereocenters. The molecule has 0 N–H and O–H groups in total. The van der Waals surface area contributed by atoms with Gasteiger partial charge in [-0.05, 0) is 125 Å². The van der Waals surface area contributed by atoms with Gasteiger partial charge in [-0.1, -0.05) is 188 Å². The fraction of sp³-hybridized carbons (Fsp3) is 0.0323. The smallest absolute Gasteiger partial charge is 0.159 e. The molecule has 10 aromatic carbocycles. The molecule has 2 spiro atoms. The average Bonchev–Trinajstić information content (AvgIpc) is 4.13. The topological polar surface area (TPSA) is 16.4 Å². The normalized spacial score (nSPS) is 14.5. The zero-order valence-electron chi connectivity index (χ0n) is 34.7. The zero-order chi connectivity index (χ0) is 41.7. The van der Waals surface area contributed by atoms with Crippen LogP contribution in [0.25, 0.3) is 66.4 Å². The summed E-state index contributed by atoms with van der Waals surface area (Å²) in [6.07, 6.45) is 0. The van der Waals surface area contributed by atoms with E-state index in [9.17, 15) is 0 Å². The Morgan fingerprint density at radius 1 is 0.281 bits per heavy atom. The van der Waals surface area contributed by atoms with Gasteiger partial charge in [0.1, 0.15) is 5.58 Å². The Morgan fingerprint density at radius 2 is 0.672 bits per heavy atom. The van der Waals surface area contributed by atoms with Crippen LogP contribution in [0, 0.1) is 0 Å². The van der Waals surface area contributed by atoms with Gasteiger partial charge in [-0.25, -0.2) is 0 Å². The molecule has 296 valence electrons. The Morgan fingerprint density at radius 3 is 1.22 bits per heavy atom. The SMILES string of the molecule is c1ccc2c(c1)-c1ccccc1C21c2ccccc2-c2cc(N(c3ccc4c(c3)C3(c5ccccc5-c5ccccc53)c3ccccc3-4)c3cccc4c3oc3ccccc34)ccc21. The summed E-state index contributed by atoms with van der Waals surface area (Å²) in [5.74, 6) is 0. The van der Waals surface area contributed by atoms with Crippen molar-refractivity contribution in [2.75, 3.05) is 4.90 Å². The first-order valence-corrected chi connectivity index (χ1v) is 22.3. The molecule has 0 saturated carbocycles. The van der Waals surface area contributed by atoms with Gasteiger partial charge in [-0.15, -0.1) is 0 Å². The second-order valence-corrected chi connectivity index (χ2v) is 17.8. The molecule has 0 bridgehead atoms. The van der Waals surface area contributed by atoms with Crippen molar-refractivity contribution in [3.63, 3.8) is 0 Å². The molecule has 0 aliphatic heterocycles. The molecule has 0 amide bonds. The minimum absolute atomic E-state index is 0.420. The monoisotopic (exact) mass is 811 g/mol. The maximum absolute atomic E-state index is 6.90. The van der Waals surface area contributed by atoms with Crippen LogP contribution in [0.15, 0.2) is 229 Å². The van der Waals surface area contributed by atoms with Crippen LogP contribution in [-0.4, -0.2) is 0 Å². The molecule has 11 aromatic rings. The molecular formula is C62H37NO. The van der Waals surface area contributed by atoms with E-state index in [2.05, 4.69) is 229 Å². The first-order valence-electron chi connectivity index (χ1n) is 22.3. The number of rotatable bonds is 3. The lowest BCUT2D eigenvalue weighted by Crippen LogP contribution is -2.26. The summed E-state index contributed by atoms with van der Waals surface area (Å²) in [6.45, 7) is 0. The predicted molar refractivity (Wildman–Crippen MR) is 261 cm³/mol. The van der Waals surface area contributed by atoms with Crippen molar-refractivity contribution < 1.29 is 4.42 Å². The Hall–Kier alpha value is -8.20. The minimum Gasteiger partial charge on any atom is -0.454 e. The first-order chi connectivity index (χ1) is 31.8. The zero-order valence-corrected chi connectivity index (χ0v) is 34.7. The molecule has 2 nitrogen and oxygen atoms in total. The van der Waals surface area contributed by atoms with Gasteiger partial charge in [0.05, 0.1) is 16.5 Å². The maximum atomic E-state index is 6.90. The third-order valence-electron chi connectivity index (χ3n) is 15.1. The highest BCUT2D eigenvalue weighted by molar-refractivity contribution is 6.11. The molecule has 64 heavy (non-hydrogen) atoms. The molecule has 1 aromatic heterocycles. The van der Waals surface area contributed by atoms with Gasteiger partial charge in [0, 0.05) is 22.1 Å². The van der Waals surface area contributed by atoms with Crippen molar-refractivity contribution in [2.45, 2.75) is 10.8 Å². The molecular weight excluding hydrogens is 775 g/mol. The second-order valence-electron chi connectivity index (χ2n) is 17.8. The van der Waals surface area contributed by atoms with Crippen molar-refractivity contribution in [1.29, 1.82) is 0 Å². The van der Waals surface area contributed by atoms with Gasteiger partial charge in [0.25, 0.3) is 0 Å². The van der Waals surface area contributed by atoms with E-state index in [-0.39, 0.29) is 0 Å². The molecule has 4 aliphatic rings. The largest absolute Gasteiger partial charge is 0.454 e. The van der Waals surface area contributed by atoms with E-state index in [1.165, 1.54) is 89.0 Å². The average molecular weight is 812 g/mol. The van der Waals surface area contributed by atoms with Crippen LogP contribution in [0.3, 0.4) is 0 Å². The second kappa shape index (κ2) is 12.2. The highest BCUT2D eigenvalue weighted by Crippen LogP contribution is 2.65. The van der Waals surface area contributed by atoms with Crippen molar-refractivity contribution in [1.82, 2.24) is 0 Å². The highest BCUT2D eigenvalue weighted by Gasteiger charge is 2.53. The van der Waals surface area contributed by atoms with Crippen molar-refractivity contribution in [2.24, 2.45) is 0 Å². The fourth-order valence-electron chi connectivity index (χ4n) is 12.8. The molecule has 0 fully saturated rings. The van der Waals surface area contributed by atoms with Crippen molar-refractivity contribution in [3.8, 4) is 44.5 Å². The lowest BCUT2D eigenvalue weighted by Gasteiger charge is -2.32. The number of nitrogens with zero attached hydrogens (tertiary/aromatic N) is 1. The van der Waals surface area contributed by atoms with E-state index in [0.29, 0.717) is 0 Å². The van der Waals surface area contributed by atoms with E-state index in [1.54, 1.807) is 0 Å². The lowest BCUT2D eigenvalue weighted by atomic mass is 9.70. The third kappa shape index (κ3) is 4.03. The van der Waals surface area contributed by atoms with Crippen LogP contribution in [-0.2, 0) is 10.8 Å². The van der Waals surface area contributed by atoms with Crippen LogP contribution >= 0.6 is 0 Å². The fourth-order valence-corrected chi connectivity index (χ4v) is 12.8. The number of anilines is 3. The number of hydrogen-bond donors (Lipinski definition) is 0. The summed E-state index contributed by atoms with van der Waals surface area (Å²) in [4.78, 5) is 2.46. The Balaban J connectivity index is 1.02. The summed E-state index contributed by atoms with van der Waals surface area (Å²) >= 11 is 0. The molecule has 2 heteroatoms. The quantitative estimate of drug-likeness (QED) is 0.177. The summed E-state index contributed by atoms with van der Waals surface area (Å²) in [7, 11) is 0. The summed E-state index contributed by atoms with van der Waals surface area (Å²) in [6, 6.07) is 83.8. The molecule has 0 unspecified atom stereocenters. The van der Waals surface area contributed by atoms with E-state index >= 15 is 0 Å². The molecule has 15 rings (SSSR count). The standard InChI is InChI=1S/C62H37NO/c1-8-24-50-40(16-1)41-17-2-9-25-51(41)61(50)55-29-13-6-21-45(55)49-36-38(33-35-56(49)61)63(58-30-15-23-48-47-22-7-14-31-59(47)64-60(48)58)39-32-34-46-44-20-5-12-28-54(44)62(57(46)37-39)52-26-10-3-18-42(52)43-19-4-11-27-53(43)62/h1-37H. The van der Waals surface area contributed by atoms with E-state index in [4.69, 9.17) is 4.42 Å². The van der Waals surface area contributed by atoms with Crippen LogP contribution in [0.2, 0.25) is 0 Å². The van der Waals surface area contributed by atoms with Crippen LogP contribution in [0.1, 0.15) is 44.5 Å². The molecule has 0 radical (unpaired) electrons. The van der Waals surface area contributed by atoms with E-state index in [0.717, 1.165) is 39.0 Å². The predicted octanol–water partition coefficient (Wildman–Crippen LogP) is 15.7. The number of fused-ring (bicyclic) bond motifs is 23. The Kier molecular flexibility index (Phi) is 6.58. The molecule has 4 aliphatic carbocycles. The number of para-hydroxylation sites is 2. The van der Waals surface area contributed by atoms with Crippen molar-refractivity contribution >= 4 is 39.0 Å². The van der Waals surface area contributed by atoms with Gasteiger partial charge in [0.15, 0.2) is 5.58 Å². The van der Waals surface area contributed by atoms with Gasteiger partial charge in [-0.2, -0.15) is 0 Å². The number of furan rings is 1. The summed E-state index contributed by atoms with van der Waals surface area (Å²) in [5.41, 5.74) is 25.0. The Labute approximate surface area is 371 Å². The van der Waals surface area contributed by atoms with Crippen molar-refractivity contribution in [3.05, 3.63) is 269 Å². The van der Waals surface area contributed by atoms with Gasteiger partial charge < -0.3 is 9.32 Å². The molecule has 1 heterocycles. The van der Waals surface area contributed by atoms with Crippen LogP contribution in [0.4, 0.5) is 17.1 Å². The maximum Gasteiger partial charge on any atom is 0.159 e. The van der Waals surface area contributed by atoms with Crippen LogP contribution < -0.4 is 4.90 Å². The summed E-state index contributed by atoms with van der Waals surface area (Å²) < 4.78 is 6.90. The summed E-state index contributed by atoms with van der Waals surface area (Å²) in [5, 5.41) is 2.22. The minimum atomic E-state index is -0.474. The van der Waals surface area contributed by atoms with Gasteiger partial charge in [-0.3, -0.25) is 0 Å². The molecule has 0 saturated heterocycles. The number of hydrogen-bond acceptors (Lipinski definition) is 2. The number of benzene rings is 10. The highest BCUT2D eigenvalue weighted by atomic mass is 16.3. The van der Waals surface area contributed by atoms with Crippen LogP contribution in [0.5, 0.6) is 0 Å². The van der Waals surface area contributed by atoms with E-state index < -0.39 is 10.8 Å². The Bertz CT molecular complexity index is 3720. The third-order valence-corrected chi connectivity index (χ3v) is 15.1.